The molecule has 1 aromatic heterocycles. The summed E-state index contributed by atoms with van der Waals surface area (Å²) in [5, 5.41) is 6.35. The highest BCUT2D eigenvalue weighted by atomic mass is 16.5. The number of ether oxygens (including phenoxy) is 2. The van der Waals surface area contributed by atoms with E-state index in [0.29, 0.717) is 17.2 Å². The fourth-order valence-electron chi connectivity index (χ4n) is 2.51. The van der Waals surface area contributed by atoms with Crippen molar-refractivity contribution in [1.29, 1.82) is 0 Å². The molecular weight excluding hydrogens is 308 g/mol. The van der Waals surface area contributed by atoms with E-state index in [1.165, 1.54) is 7.11 Å². The van der Waals surface area contributed by atoms with Crippen LogP contribution in [0.4, 0.5) is 17.5 Å². The van der Waals surface area contributed by atoms with Crippen molar-refractivity contribution in [3.63, 3.8) is 0 Å². The lowest BCUT2D eigenvalue weighted by Crippen LogP contribution is -2.19. The quantitative estimate of drug-likeness (QED) is 0.788. The van der Waals surface area contributed by atoms with Crippen LogP contribution in [0, 0.1) is 0 Å². The first-order valence-electron chi connectivity index (χ1n) is 7.88. The van der Waals surface area contributed by atoms with Gasteiger partial charge in [0.05, 0.1) is 18.8 Å². The number of hydrogen-bond donors (Lipinski definition) is 2. The summed E-state index contributed by atoms with van der Waals surface area (Å²) in [6.07, 6.45) is 4.11. The zero-order valence-electron chi connectivity index (χ0n) is 13.5. The van der Waals surface area contributed by atoms with Crippen molar-refractivity contribution in [1.82, 2.24) is 9.97 Å². The summed E-state index contributed by atoms with van der Waals surface area (Å²) in [6, 6.07) is 8.81. The van der Waals surface area contributed by atoms with Crippen LogP contribution in [0.1, 0.15) is 23.2 Å². The van der Waals surface area contributed by atoms with Gasteiger partial charge in [0.15, 0.2) is 0 Å². The minimum absolute atomic E-state index is 0.244. The molecule has 0 radical (unpaired) electrons. The number of esters is 1. The van der Waals surface area contributed by atoms with Gasteiger partial charge in [-0.15, -0.1) is 0 Å². The van der Waals surface area contributed by atoms with Gasteiger partial charge in [-0.2, -0.15) is 4.98 Å². The molecule has 1 aromatic carbocycles. The van der Waals surface area contributed by atoms with Crippen molar-refractivity contribution in [3.05, 3.63) is 42.1 Å². The zero-order chi connectivity index (χ0) is 16.8. The van der Waals surface area contributed by atoms with E-state index in [0.717, 1.165) is 31.8 Å². The Morgan fingerprint density at radius 2 is 2.33 bits per heavy atom. The summed E-state index contributed by atoms with van der Waals surface area (Å²) in [5.74, 6) is 0.799. The van der Waals surface area contributed by atoms with Crippen LogP contribution in [0.3, 0.4) is 0 Å². The van der Waals surface area contributed by atoms with Gasteiger partial charge in [-0.1, -0.05) is 6.07 Å². The van der Waals surface area contributed by atoms with E-state index in [9.17, 15) is 4.79 Å². The standard InChI is InChI=1S/C17H20N4O3/c1-23-16(22)12-4-2-5-13(10-12)20-17-18-8-7-15(21-17)19-11-14-6-3-9-24-14/h2,4-5,7-8,10,14H,3,6,9,11H2,1H3,(H2,18,19,20,21). The summed E-state index contributed by atoms with van der Waals surface area (Å²) >= 11 is 0. The summed E-state index contributed by atoms with van der Waals surface area (Å²) in [7, 11) is 1.36. The van der Waals surface area contributed by atoms with Gasteiger partial charge in [0.25, 0.3) is 0 Å². The van der Waals surface area contributed by atoms with E-state index in [4.69, 9.17) is 9.47 Å². The van der Waals surface area contributed by atoms with Gasteiger partial charge in [-0.05, 0) is 37.1 Å². The van der Waals surface area contributed by atoms with Crippen LogP contribution < -0.4 is 10.6 Å². The molecule has 0 amide bonds. The maximum atomic E-state index is 11.6. The molecule has 2 N–H and O–H groups in total. The molecule has 3 rings (SSSR count). The third-order valence-corrected chi connectivity index (χ3v) is 3.73. The maximum Gasteiger partial charge on any atom is 0.337 e. The number of rotatable bonds is 6. The third kappa shape index (κ3) is 4.20. The monoisotopic (exact) mass is 328 g/mol. The minimum atomic E-state index is -0.383. The topological polar surface area (TPSA) is 85.4 Å². The molecule has 1 atom stereocenters. The minimum Gasteiger partial charge on any atom is -0.465 e. The second-order valence-corrected chi connectivity index (χ2v) is 5.48. The van der Waals surface area contributed by atoms with Crippen molar-refractivity contribution in [2.45, 2.75) is 18.9 Å². The lowest BCUT2D eigenvalue weighted by atomic mass is 10.2. The maximum absolute atomic E-state index is 11.6. The summed E-state index contributed by atoms with van der Waals surface area (Å²) < 4.78 is 10.3. The number of aromatic nitrogens is 2. The number of nitrogens with zero attached hydrogens (tertiary/aromatic N) is 2. The Morgan fingerprint density at radius 3 is 3.12 bits per heavy atom. The average Bonchev–Trinajstić information content (AvgIpc) is 3.13. The highest BCUT2D eigenvalue weighted by molar-refractivity contribution is 5.90. The first-order valence-corrected chi connectivity index (χ1v) is 7.88. The van der Waals surface area contributed by atoms with Crippen molar-refractivity contribution in [2.24, 2.45) is 0 Å². The largest absolute Gasteiger partial charge is 0.465 e. The third-order valence-electron chi connectivity index (χ3n) is 3.73. The number of carbonyl (C=O) groups is 1. The molecule has 1 fully saturated rings. The van der Waals surface area contributed by atoms with Crippen LogP contribution in [0.25, 0.3) is 0 Å². The van der Waals surface area contributed by atoms with E-state index in [1.807, 2.05) is 12.1 Å². The van der Waals surface area contributed by atoms with E-state index >= 15 is 0 Å². The van der Waals surface area contributed by atoms with Crippen molar-refractivity contribution in [3.8, 4) is 0 Å². The van der Waals surface area contributed by atoms with E-state index in [2.05, 4.69) is 20.6 Å². The SMILES string of the molecule is COC(=O)c1cccc(Nc2nccc(NCC3CCCO3)n2)c1. The number of benzene rings is 1. The van der Waals surface area contributed by atoms with Crippen molar-refractivity contribution >= 4 is 23.4 Å². The van der Waals surface area contributed by atoms with E-state index < -0.39 is 0 Å². The highest BCUT2D eigenvalue weighted by Crippen LogP contribution is 2.17. The normalized spacial score (nSPS) is 16.6. The molecule has 1 saturated heterocycles. The summed E-state index contributed by atoms with van der Waals surface area (Å²) in [4.78, 5) is 20.2. The summed E-state index contributed by atoms with van der Waals surface area (Å²) in [5.41, 5.74) is 1.18. The molecule has 2 aromatic rings. The predicted octanol–water partition coefficient (Wildman–Crippen LogP) is 2.60. The van der Waals surface area contributed by atoms with Crippen LogP contribution in [0.15, 0.2) is 36.5 Å². The number of nitrogens with one attached hydrogen (secondary N) is 2. The Labute approximate surface area is 140 Å². The molecule has 1 aliphatic rings. The summed E-state index contributed by atoms with van der Waals surface area (Å²) in [6.45, 7) is 1.56. The fraction of sp³-hybridized carbons (Fsp3) is 0.353. The zero-order valence-corrected chi connectivity index (χ0v) is 13.5. The molecule has 0 bridgehead atoms. The molecule has 126 valence electrons. The van der Waals surface area contributed by atoms with Crippen LogP contribution in [0.5, 0.6) is 0 Å². The number of methoxy groups -OCH3 is 1. The first kappa shape index (κ1) is 16.2. The second-order valence-electron chi connectivity index (χ2n) is 5.48. The molecule has 1 aliphatic heterocycles. The van der Waals surface area contributed by atoms with Crippen molar-refractivity contribution < 1.29 is 14.3 Å². The van der Waals surface area contributed by atoms with Gasteiger partial charge in [0.2, 0.25) is 5.95 Å². The van der Waals surface area contributed by atoms with Crippen LogP contribution in [-0.4, -0.2) is 42.3 Å². The molecule has 7 heteroatoms. The first-order chi connectivity index (χ1) is 11.7. The fourth-order valence-corrected chi connectivity index (χ4v) is 2.51. The molecule has 0 spiro atoms. The Bertz CT molecular complexity index is 702. The second kappa shape index (κ2) is 7.74. The Morgan fingerprint density at radius 1 is 1.42 bits per heavy atom. The average molecular weight is 328 g/mol. The number of anilines is 3. The van der Waals surface area contributed by atoms with Crippen LogP contribution in [-0.2, 0) is 9.47 Å². The van der Waals surface area contributed by atoms with Gasteiger partial charge < -0.3 is 20.1 Å². The molecule has 1 unspecified atom stereocenters. The Balaban J connectivity index is 1.64. The molecule has 7 nitrogen and oxygen atoms in total. The predicted molar refractivity (Wildman–Crippen MR) is 90.6 cm³/mol. The van der Waals surface area contributed by atoms with Gasteiger partial charge in [-0.25, -0.2) is 9.78 Å². The lowest BCUT2D eigenvalue weighted by molar-refractivity contribution is 0.0601. The highest BCUT2D eigenvalue weighted by Gasteiger charge is 2.15. The van der Waals surface area contributed by atoms with Crippen LogP contribution >= 0.6 is 0 Å². The Kier molecular flexibility index (Phi) is 5.22. The van der Waals surface area contributed by atoms with E-state index in [-0.39, 0.29) is 12.1 Å². The molecule has 0 aliphatic carbocycles. The van der Waals surface area contributed by atoms with Crippen LogP contribution in [0.2, 0.25) is 0 Å². The van der Waals surface area contributed by atoms with Crippen molar-refractivity contribution in [2.75, 3.05) is 30.9 Å². The number of hydrogen-bond acceptors (Lipinski definition) is 7. The van der Waals surface area contributed by atoms with Gasteiger partial charge in [-0.3, -0.25) is 0 Å². The van der Waals surface area contributed by atoms with E-state index in [1.54, 1.807) is 24.4 Å². The molecule has 24 heavy (non-hydrogen) atoms. The smallest absolute Gasteiger partial charge is 0.337 e. The van der Waals surface area contributed by atoms with Gasteiger partial charge >= 0.3 is 5.97 Å². The lowest BCUT2D eigenvalue weighted by Gasteiger charge is -2.12. The molecule has 2 heterocycles. The molecular formula is C17H20N4O3. The molecule has 0 saturated carbocycles. The number of carbonyl (C=O) groups excluding carboxylic acids is 1. The van der Waals surface area contributed by atoms with Gasteiger partial charge in [0.1, 0.15) is 5.82 Å². The Hall–Kier alpha value is -2.67. The van der Waals surface area contributed by atoms with Gasteiger partial charge in [0, 0.05) is 25.0 Å².